The maximum Gasteiger partial charge on any atom is 0.229 e. The standard InChI is InChI=1S/C22H24ClN3O2S/c1-14-11-18(15(2)26(14)12-17-5-3-4-6-19(17)23)20-13-29-22(24-20)25-21(27)16-7-9-28-10-8-16/h3-6,11,13,16H,7-10,12H2,1-2H3,(H,24,25,27). The van der Waals surface area contributed by atoms with Crippen LogP contribution in [0.5, 0.6) is 0 Å². The number of carbonyl (C=O) groups excluding carboxylic acids is 1. The zero-order chi connectivity index (χ0) is 20.4. The molecule has 1 N–H and O–H groups in total. The third-order valence-electron chi connectivity index (χ3n) is 5.46. The Balaban J connectivity index is 1.52. The smallest absolute Gasteiger partial charge is 0.229 e. The number of aromatic nitrogens is 2. The number of nitrogens with zero attached hydrogens (tertiary/aromatic N) is 2. The van der Waals surface area contributed by atoms with Gasteiger partial charge in [-0.2, -0.15) is 0 Å². The van der Waals surface area contributed by atoms with E-state index in [0.717, 1.165) is 52.6 Å². The summed E-state index contributed by atoms with van der Waals surface area (Å²) in [6.45, 7) is 6.21. The second-order valence-corrected chi connectivity index (χ2v) is 8.64. The molecule has 3 aromatic rings. The molecule has 2 aromatic heterocycles. The SMILES string of the molecule is Cc1cc(-c2csc(NC(=O)C3CCOCC3)n2)c(C)n1Cc1ccccc1Cl. The highest BCUT2D eigenvalue weighted by Crippen LogP contribution is 2.31. The zero-order valence-corrected chi connectivity index (χ0v) is 18.1. The fourth-order valence-corrected chi connectivity index (χ4v) is 4.63. The number of thiazole rings is 1. The van der Waals surface area contributed by atoms with E-state index in [2.05, 4.69) is 34.8 Å². The van der Waals surface area contributed by atoms with Gasteiger partial charge in [-0.25, -0.2) is 4.98 Å². The number of hydrogen-bond acceptors (Lipinski definition) is 4. The van der Waals surface area contributed by atoms with Gasteiger partial charge in [-0.3, -0.25) is 4.79 Å². The highest BCUT2D eigenvalue weighted by atomic mass is 35.5. The summed E-state index contributed by atoms with van der Waals surface area (Å²) in [6, 6.07) is 10.1. The van der Waals surface area contributed by atoms with Crippen LogP contribution in [0.1, 0.15) is 29.8 Å². The lowest BCUT2D eigenvalue weighted by Gasteiger charge is -2.20. The molecule has 0 aliphatic carbocycles. The van der Waals surface area contributed by atoms with Gasteiger partial charge in [0.1, 0.15) is 0 Å². The second kappa shape index (κ2) is 8.69. The Morgan fingerprint density at radius 1 is 1.31 bits per heavy atom. The predicted octanol–water partition coefficient (Wildman–Crippen LogP) is 5.30. The van der Waals surface area contributed by atoms with Gasteiger partial charge in [0.25, 0.3) is 0 Å². The maximum absolute atomic E-state index is 12.5. The molecule has 152 valence electrons. The number of aryl methyl sites for hydroxylation is 1. The summed E-state index contributed by atoms with van der Waals surface area (Å²) in [5.74, 6) is 0.0511. The number of rotatable bonds is 5. The lowest BCUT2D eigenvalue weighted by Crippen LogP contribution is -2.28. The van der Waals surface area contributed by atoms with Crippen molar-refractivity contribution in [1.82, 2.24) is 9.55 Å². The number of anilines is 1. The summed E-state index contributed by atoms with van der Waals surface area (Å²) >= 11 is 7.81. The summed E-state index contributed by atoms with van der Waals surface area (Å²) in [5.41, 5.74) is 5.34. The van der Waals surface area contributed by atoms with Crippen LogP contribution < -0.4 is 5.32 Å². The van der Waals surface area contributed by atoms with Crippen LogP contribution in [-0.2, 0) is 16.1 Å². The first-order chi connectivity index (χ1) is 14.0. The van der Waals surface area contributed by atoms with Gasteiger partial charge in [0.15, 0.2) is 5.13 Å². The quantitative estimate of drug-likeness (QED) is 0.599. The van der Waals surface area contributed by atoms with Crippen molar-refractivity contribution in [3.63, 3.8) is 0 Å². The molecule has 0 spiro atoms. The minimum absolute atomic E-state index is 0.0109. The van der Waals surface area contributed by atoms with Crippen molar-refractivity contribution >= 4 is 34.0 Å². The molecule has 1 aromatic carbocycles. The molecule has 29 heavy (non-hydrogen) atoms. The van der Waals surface area contributed by atoms with Gasteiger partial charge < -0.3 is 14.6 Å². The summed E-state index contributed by atoms with van der Waals surface area (Å²) in [6.07, 6.45) is 1.54. The van der Waals surface area contributed by atoms with Crippen molar-refractivity contribution in [3.8, 4) is 11.3 Å². The van der Waals surface area contributed by atoms with E-state index in [1.807, 2.05) is 29.6 Å². The topological polar surface area (TPSA) is 56.1 Å². The molecule has 3 heterocycles. The van der Waals surface area contributed by atoms with Crippen LogP contribution in [0.4, 0.5) is 5.13 Å². The van der Waals surface area contributed by atoms with Gasteiger partial charge in [0.2, 0.25) is 5.91 Å². The molecule has 1 aliphatic rings. The average Bonchev–Trinajstić information content (AvgIpc) is 3.29. The van der Waals surface area contributed by atoms with Crippen LogP contribution in [-0.4, -0.2) is 28.7 Å². The lowest BCUT2D eigenvalue weighted by molar-refractivity contribution is -0.122. The molecule has 4 rings (SSSR count). The van der Waals surface area contributed by atoms with Gasteiger partial charge in [-0.15, -0.1) is 11.3 Å². The fraction of sp³-hybridized carbons (Fsp3) is 0.364. The van der Waals surface area contributed by atoms with Crippen LogP contribution in [0.15, 0.2) is 35.7 Å². The molecule has 0 unspecified atom stereocenters. The number of amides is 1. The molecule has 0 radical (unpaired) electrons. The molecule has 1 fully saturated rings. The lowest BCUT2D eigenvalue weighted by atomic mass is 10.00. The van der Waals surface area contributed by atoms with Crippen molar-refractivity contribution < 1.29 is 9.53 Å². The van der Waals surface area contributed by atoms with E-state index >= 15 is 0 Å². The van der Waals surface area contributed by atoms with Gasteiger partial charge in [0.05, 0.1) is 5.69 Å². The molecule has 0 bridgehead atoms. The Labute approximate surface area is 179 Å². The minimum Gasteiger partial charge on any atom is -0.381 e. The van der Waals surface area contributed by atoms with Crippen LogP contribution in [0.25, 0.3) is 11.3 Å². The van der Waals surface area contributed by atoms with Crippen molar-refractivity contribution in [2.24, 2.45) is 5.92 Å². The average molecular weight is 430 g/mol. The minimum atomic E-state index is 0.0109. The molecular weight excluding hydrogens is 406 g/mol. The van der Waals surface area contributed by atoms with Crippen LogP contribution in [0.3, 0.4) is 0 Å². The summed E-state index contributed by atoms with van der Waals surface area (Å²) in [7, 11) is 0. The summed E-state index contributed by atoms with van der Waals surface area (Å²) in [5, 5.41) is 6.40. The molecule has 0 atom stereocenters. The van der Waals surface area contributed by atoms with Crippen molar-refractivity contribution in [2.75, 3.05) is 18.5 Å². The Bertz CT molecular complexity index is 1020. The van der Waals surface area contributed by atoms with E-state index in [9.17, 15) is 4.79 Å². The molecule has 1 amide bonds. The second-order valence-electron chi connectivity index (χ2n) is 7.38. The Morgan fingerprint density at radius 3 is 2.83 bits per heavy atom. The van der Waals surface area contributed by atoms with E-state index in [0.29, 0.717) is 18.3 Å². The Morgan fingerprint density at radius 2 is 2.07 bits per heavy atom. The van der Waals surface area contributed by atoms with Crippen molar-refractivity contribution in [2.45, 2.75) is 33.2 Å². The number of hydrogen-bond donors (Lipinski definition) is 1. The molecule has 5 nitrogen and oxygen atoms in total. The number of nitrogens with one attached hydrogen (secondary N) is 1. The first-order valence-electron chi connectivity index (χ1n) is 9.77. The van der Waals surface area contributed by atoms with Gasteiger partial charge in [-0.05, 0) is 44.4 Å². The van der Waals surface area contributed by atoms with Crippen molar-refractivity contribution in [3.05, 3.63) is 57.7 Å². The Hall–Kier alpha value is -2.15. The third kappa shape index (κ3) is 4.39. The molecule has 1 saturated heterocycles. The number of ether oxygens (including phenoxy) is 1. The van der Waals surface area contributed by atoms with Crippen LogP contribution in [0, 0.1) is 19.8 Å². The number of carbonyl (C=O) groups is 1. The molecule has 0 saturated carbocycles. The molecular formula is C22H24ClN3O2S. The van der Waals surface area contributed by atoms with Crippen LogP contribution >= 0.6 is 22.9 Å². The fourth-order valence-electron chi connectivity index (χ4n) is 3.72. The first kappa shape index (κ1) is 20.1. The predicted molar refractivity (Wildman–Crippen MR) is 118 cm³/mol. The maximum atomic E-state index is 12.5. The molecule has 1 aliphatic heterocycles. The Kier molecular flexibility index (Phi) is 6.04. The summed E-state index contributed by atoms with van der Waals surface area (Å²) < 4.78 is 7.58. The van der Waals surface area contributed by atoms with Crippen LogP contribution in [0.2, 0.25) is 5.02 Å². The number of benzene rings is 1. The van der Waals surface area contributed by atoms with Gasteiger partial charge in [-0.1, -0.05) is 29.8 Å². The highest BCUT2D eigenvalue weighted by molar-refractivity contribution is 7.14. The zero-order valence-electron chi connectivity index (χ0n) is 16.6. The summed E-state index contributed by atoms with van der Waals surface area (Å²) in [4.78, 5) is 17.1. The van der Waals surface area contributed by atoms with E-state index in [1.165, 1.54) is 11.3 Å². The van der Waals surface area contributed by atoms with Crippen molar-refractivity contribution in [1.29, 1.82) is 0 Å². The number of halogens is 1. The van der Waals surface area contributed by atoms with E-state index < -0.39 is 0 Å². The van der Waals surface area contributed by atoms with E-state index in [4.69, 9.17) is 16.3 Å². The first-order valence-corrected chi connectivity index (χ1v) is 11.0. The van der Waals surface area contributed by atoms with E-state index in [1.54, 1.807) is 0 Å². The van der Waals surface area contributed by atoms with Gasteiger partial charge in [0, 0.05) is 53.0 Å². The largest absolute Gasteiger partial charge is 0.381 e. The third-order valence-corrected chi connectivity index (χ3v) is 6.59. The molecule has 7 heteroatoms. The highest BCUT2D eigenvalue weighted by Gasteiger charge is 2.23. The van der Waals surface area contributed by atoms with E-state index in [-0.39, 0.29) is 11.8 Å². The normalized spacial score (nSPS) is 14.9. The monoisotopic (exact) mass is 429 g/mol. The van der Waals surface area contributed by atoms with Gasteiger partial charge >= 0.3 is 0 Å².